The van der Waals surface area contributed by atoms with E-state index in [9.17, 15) is 46.0 Å². The van der Waals surface area contributed by atoms with Gasteiger partial charge in [0, 0.05) is 18.5 Å². The summed E-state index contributed by atoms with van der Waals surface area (Å²) in [6.07, 6.45) is -15.9. The summed E-state index contributed by atoms with van der Waals surface area (Å²) in [6.45, 7) is -1.55. The fourth-order valence-electron chi connectivity index (χ4n) is 4.38. The van der Waals surface area contributed by atoms with Gasteiger partial charge in [0.15, 0.2) is 6.29 Å². The zero-order chi connectivity index (χ0) is 22.2. The van der Waals surface area contributed by atoms with Crippen LogP contribution in [0.5, 0.6) is 0 Å². The van der Waals surface area contributed by atoms with Crippen LogP contribution in [0.25, 0.3) is 0 Å². The Kier molecular flexibility index (Phi) is 8.01. The second-order valence-electron chi connectivity index (χ2n) is 7.94. The fraction of sp³-hybridized carbons (Fsp3) is 1.00. The minimum absolute atomic E-state index is 0.146. The molecule has 3 saturated heterocycles. The fourth-order valence-corrected chi connectivity index (χ4v) is 4.38. The summed E-state index contributed by atoms with van der Waals surface area (Å²) in [7, 11) is 0. The number of rotatable bonds is 6. The van der Waals surface area contributed by atoms with Gasteiger partial charge in [-0.3, -0.25) is 0 Å². The lowest BCUT2D eigenvalue weighted by atomic mass is 9.83. The smallest absolute Gasteiger partial charge is 0.187 e. The third-order valence-electron chi connectivity index (χ3n) is 6.12. The van der Waals surface area contributed by atoms with Crippen LogP contribution in [-0.2, 0) is 14.2 Å². The van der Waals surface area contributed by atoms with Crippen LogP contribution in [0, 0.1) is 5.92 Å². The maximum atomic E-state index is 10.6. The van der Waals surface area contributed by atoms with E-state index in [1.54, 1.807) is 0 Å². The average Bonchev–Trinajstić information content (AvgIpc) is 3.12. The molecule has 3 rings (SSSR count). The molecule has 13 nitrogen and oxygen atoms in total. The Morgan fingerprint density at radius 3 is 2.00 bits per heavy atom. The highest BCUT2D eigenvalue weighted by Crippen LogP contribution is 2.34. The van der Waals surface area contributed by atoms with Crippen LogP contribution in [0.15, 0.2) is 0 Å². The third-order valence-corrected chi connectivity index (χ3v) is 6.12. The standard InChI is InChI=1S/C17H31NO12/c19-2-5-9(6(22)1-18-5)16-13(26)12(25)15(8(4-21)28-16)30-17-14(27)11(24)10(23)7(3-20)29-17/h5-27H,1-4H2/t5-,6-,7-,8-,9?,10-,11+,12-,13-,14-,15-,16-,17+/m1/s1. The molecule has 3 heterocycles. The van der Waals surface area contributed by atoms with Gasteiger partial charge in [-0.25, -0.2) is 0 Å². The van der Waals surface area contributed by atoms with E-state index in [2.05, 4.69) is 5.32 Å². The minimum Gasteiger partial charge on any atom is -0.395 e. The normalized spacial score (nSPS) is 52.5. The predicted octanol–water partition coefficient (Wildman–Crippen LogP) is -6.41. The van der Waals surface area contributed by atoms with Crippen molar-refractivity contribution in [1.82, 2.24) is 5.32 Å². The van der Waals surface area contributed by atoms with Gasteiger partial charge in [-0.15, -0.1) is 0 Å². The molecule has 30 heavy (non-hydrogen) atoms. The Bertz CT molecular complexity index is 553. The molecule has 0 aromatic rings. The Morgan fingerprint density at radius 2 is 1.40 bits per heavy atom. The van der Waals surface area contributed by atoms with Gasteiger partial charge in [-0.05, 0) is 0 Å². The first kappa shape index (κ1) is 24.1. The molecule has 10 N–H and O–H groups in total. The number of nitrogens with one attached hydrogen (secondary N) is 1. The second-order valence-corrected chi connectivity index (χ2v) is 7.94. The predicted molar refractivity (Wildman–Crippen MR) is 94.8 cm³/mol. The van der Waals surface area contributed by atoms with E-state index in [1.165, 1.54) is 0 Å². The van der Waals surface area contributed by atoms with Crippen molar-refractivity contribution >= 4 is 0 Å². The van der Waals surface area contributed by atoms with E-state index in [0.29, 0.717) is 0 Å². The largest absolute Gasteiger partial charge is 0.395 e. The van der Waals surface area contributed by atoms with Gasteiger partial charge in [0.05, 0.1) is 32.0 Å². The molecule has 13 heteroatoms. The molecule has 0 saturated carbocycles. The molecule has 0 spiro atoms. The summed E-state index contributed by atoms with van der Waals surface area (Å²) in [6, 6.07) is -0.603. The van der Waals surface area contributed by atoms with Crippen LogP contribution in [0.1, 0.15) is 0 Å². The third kappa shape index (κ3) is 4.36. The van der Waals surface area contributed by atoms with Crippen molar-refractivity contribution in [3.63, 3.8) is 0 Å². The molecule has 1 unspecified atom stereocenters. The van der Waals surface area contributed by atoms with Crippen LogP contribution >= 0.6 is 0 Å². The first-order chi connectivity index (χ1) is 14.2. The van der Waals surface area contributed by atoms with Crippen LogP contribution < -0.4 is 5.32 Å². The summed E-state index contributed by atoms with van der Waals surface area (Å²) < 4.78 is 16.4. The monoisotopic (exact) mass is 441 g/mol. The molecular formula is C17H31NO12. The average molecular weight is 441 g/mol. The highest BCUT2D eigenvalue weighted by molar-refractivity contribution is 5.03. The number of β-amino-alcohol motifs (C(OH)–C–C–N with tert-alkyl or cyclic N) is 1. The molecule has 3 aliphatic rings. The highest BCUT2D eigenvalue weighted by atomic mass is 16.7. The summed E-state index contributed by atoms with van der Waals surface area (Å²) in [5.74, 6) is -0.776. The van der Waals surface area contributed by atoms with Crippen LogP contribution in [0.3, 0.4) is 0 Å². The minimum atomic E-state index is -1.75. The van der Waals surface area contributed by atoms with Gasteiger partial charge < -0.3 is 65.5 Å². The van der Waals surface area contributed by atoms with E-state index < -0.39 is 92.5 Å². The van der Waals surface area contributed by atoms with Crippen molar-refractivity contribution in [2.45, 2.75) is 73.4 Å². The van der Waals surface area contributed by atoms with E-state index in [-0.39, 0.29) is 13.2 Å². The molecule has 0 aromatic heterocycles. The Balaban J connectivity index is 1.75. The maximum Gasteiger partial charge on any atom is 0.187 e. The van der Waals surface area contributed by atoms with Gasteiger partial charge in [0.25, 0.3) is 0 Å². The lowest BCUT2D eigenvalue weighted by Crippen LogP contribution is -2.66. The van der Waals surface area contributed by atoms with Crippen molar-refractivity contribution in [2.24, 2.45) is 5.92 Å². The SMILES string of the molecule is OC[C@H]1NC[C@@H](O)C1[C@H]1O[C@H](CO)[C@@H](O[C@@H]2O[C@H](CO)[C@@H](O)[C@H](O)[C@H]2O)[C@H](O)[C@H]1O. The van der Waals surface area contributed by atoms with Crippen LogP contribution in [-0.4, -0.2) is 146 Å². The lowest BCUT2D eigenvalue weighted by Gasteiger charge is -2.48. The molecule has 0 amide bonds. The van der Waals surface area contributed by atoms with Crippen molar-refractivity contribution in [3.05, 3.63) is 0 Å². The number of aliphatic hydroxyl groups is 9. The van der Waals surface area contributed by atoms with Gasteiger partial charge in [-0.2, -0.15) is 0 Å². The summed E-state index contributed by atoms with van der Waals surface area (Å²) >= 11 is 0. The van der Waals surface area contributed by atoms with Crippen LogP contribution in [0.4, 0.5) is 0 Å². The molecule has 13 atom stereocenters. The Hall–Kier alpha value is -0.520. The molecule has 0 aliphatic carbocycles. The van der Waals surface area contributed by atoms with E-state index >= 15 is 0 Å². The zero-order valence-electron chi connectivity index (χ0n) is 16.1. The number of hydrogen-bond donors (Lipinski definition) is 10. The van der Waals surface area contributed by atoms with Gasteiger partial charge in [0.1, 0.15) is 48.8 Å². The quantitative estimate of drug-likeness (QED) is 0.185. The molecule has 0 bridgehead atoms. The van der Waals surface area contributed by atoms with Crippen molar-refractivity contribution in [3.8, 4) is 0 Å². The molecule has 3 fully saturated rings. The van der Waals surface area contributed by atoms with E-state index in [4.69, 9.17) is 14.2 Å². The highest BCUT2D eigenvalue weighted by Gasteiger charge is 2.54. The summed E-state index contributed by atoms with van der Waals surface area (Å²) in [5.41, 5.74) is 0. The molecule has 176 valence electrons. The number of aliphatic hydroxyl groups excluding tert-OH is 9. The van der Waals surface area contributed by atoms with Gasteiger partial charge in [-0.1, -0.05) is 0 Å². The number of ether oxygens (including phenoxy) is 3. The topological polar surface area (TPSA) is 222 Å². The van der Waals surface area contributed by atoms with Crippen molar-refractivity contribution in [2.75, 3.05) is 26.4 Å². The zero-order valence-corrected chi connectivity index (χ0v) is 16.1. The Labute approximate surface area is 172 Å². The maximum absolute atomic E-state index is 10.6. The lowest BCUT2D eigenvalue weighted by molar-refractivity contribution is -0.345. The molecular weight excluding hydrogens is 410 g/mol. The van der Waals surface area contributed by atoms with Gasteiger partial charge in [0.2, 0.25) is 0 Å². The van der Waals surface area contributed by atoms with E-state index in [0.717, 1.165) is 0 Å². The first-order valence-corrected chi connectivity index (χ1v) is 9.85. The molecule has 0 radical (unpaired) electrons. The first-order valence-electron chi connectivity index (χ1n) is 9.85. The Morgan fingerprint density at radius 1 is 0.733 bits per heavy atom. The molecule has 0 aromatic carbocycles. The van der Waals surface area contributed by atoms with Gasteiger partial charge >= 0.3 is 0 Å². The summed E-state index contributed by atoms with van der Waals surface area (Å²) in [4.78, 5) is 0. The second kappa shape index (κ2) is 9.95. The van der Waals surface area contributed by atoms with Crippen LogP contribution in [0.2, 0.25) is 0 Å². The van der Waals surface area contributed by atoms with Crippen molar-refractivity contribution < 1.29 is 60.2 Å². The number of hydrogen-bond acceptors (Lipinski definition) is 13. The van der Waals surface area contributed by atoms with E-state index in [1.807, 2.05) is 0 Å². The summed E-state index contributed by atoms with van der Waals surface area (Å²) in [5, 5.41) is 92.7. The van der Waals surface area contributed by atoms with Crippen molar-refractivity contribution in [1.29, 1.82) is 0 Å². The molecule has 3 aliphatic heterocycles.